The second-order valence-electron chi connectivity index (χ2n) is 4.74. The zero-order chi connectivity index (χ0) is 17.0. The van der Waals surface area contributed by atoms with Crippen molar-refractivity contribution in [3.8, 4) is 5.75 Å². The molecule has 0 radical (unpaired) electrons. The molecule has 23 heavy (non-hydrogen) atoms. The summed E-state index contributed by atoms with van der Waals surface area (Å²) in [4.78, 5) is 10.6. The molecule has 0 fully saturated rings. The highest BCUT2D eigenvalue weighted by atomic mass is 35.5. The number of benzene rings is 2. The van der Waals surface area contributed by atoms with Crippen LogP contribution in [0, 0.1) is 0 Å². The number of hydrogen-bond donors (Lipinski definition) is 1. The summed E-state index contributed by atoms with van der Waals surface area (Å²) in [5.74, 6) is -3.59. The molecule has 0 bridgehead atoms. The van der Waals surface area contributed by atoms with Gasteiger partial charge < -0.3 is 10.1 Å². The summed E-state index contributed by atoms with van der Waals surface area (Å²) in [5.41, 5.74) is -0.0752. The van der Waals surface area contributed by atoms with E-state index in [4.69, 9.17) is 16.3 Å². The molecule has 7 heteroatoms. The predicted octanol–water partition coefficient (Wildman–Crippen LogP) is 4.55. The molecule has 2 rings (SSSR count). The highest BCUT2D eigenvalue weighted by Crippen LogP contribution is 2.36. The molecule has 2 aromatic rings. The minimum Gasteiger partial charge on any atom is -0.497 e. The lowest BCUT2D eigenvalue weighted by atomic mass is 10.1. The van der Waals surface area contributed by atoms with Crippen LogP contribution in [0.3, 0.4) is 0 Å². The molecule has 0 aromatic heterocycles. The van der Waals surface area contributed by atoms with E-state index in [0.29, 0.717) is 5.75 Å². The maximum atomic E-state index is 13.7. The molecule has 122 valence electrons. The van der Waals surface area contributed by atoms with Gasteiger partial charge in [-0.3, -0.25) is 4.79 Å². The van der Waals surface area contributed by atoms with E-state index in [1.54, 1.807) is 24.3 Å². The van der Waals surface area contributed by atoms with Gasteiger partial charge in [-0.2, -0.15) is 13.2 Å². The fourth-order valence-corrected chi connectivity index (χ4v) is 2.15. The number of hydrogen-bond acceptors (Lipinski definition) is 3. The standard InChI is InChI=1S/C16H13ClF3NO2/c1-23-12-5-2-10(3-6-12)9-21-14-7-4-11(17)8-13(14)16(19,20)15(18)22/h2-8,21H,9H2,1H3. The molecule has 0 atom stereocenters. The maximum Gasteiger partial charge on any atom is 0.375 e. The summed E-state index contributed by atoms with van der Waals surface area (Å²) in [6.07, 6.45) is 0. The Balaban J connectivity index is 2.24. The number of carbonyl (C=O) groups is 1. The molecule has 0 saturated heterocycles. The molecule has 1 N–H and O–H groups in total. The summed E-state index contributed by atoms with van der Waals surface area (Å²) >= 11 is 5.67. The number of nitrogens with one attached hydrogen (secondary N) is 1. The van der Waals surface area contributed by atoms with Gasteiger partial charge in [-0.1, -0.05) is 23.7 Å². The third-order valence-electron chi connectivity index (χ3n) is 3.21. The van der Waals surface area contributed by atoms with Crippen LogP contribution in [0.1, 0.15) is 11.1 Å². The molecule has 3 nitrogen and oxygen atoms in total. The van der Waals surface area contributed by atoms with Crippen molar-refractivity contribution in [1.82, 2.24) is 0 Å². The van der Waals surface area contributed by atoms with Gasteiger partial charge in [0, 0.05) is 17.3 Å². The molecule has 0 saturated carbocycles. The fourth-order valence-electron chi connectivity index (χ4n) is 1.98. The van der Waals surface area contributed by atoms with E-state index in [9.17, 15) is 18.0 Å². The Morgan fingerprint density at radius 3 is 2.43 bits per heavy atom. The van der Waals surface area contributed by atoms with Gasteiger partial charge in [0.15, 0.2) is 0 Å². The quantitative estimate of drug-likeness (QED) is 0.782. The summed E-state index contributed by atoms with van der Waals surface area (Å²) in [6.45, 7) is 0.204. The molecule has 0 aliphatic heterocycles. The van der Waals surface area contributed by atoms with Gasteiger partial charge in [0.1, 0.15) is 5.75 Å². The van der Waals surface area contributed by atoms with Crippen molar-refractivity contribution in [3.63, 3.8) is 0 Å². The van der Waals surface area contributed by atoms with Crippen molar-refractivity contribution >= 4 is 23.3 Å². The van der Waals surface area contributed by atoms with E-state index < -0.39 is 17.5 Å². The van der Waals surface area contributed by atoms with Gasteiger partial charge in [0.25, 0.3) is 0 Å². The number of ether oxygens (including phenoxy) is 1. The summed E-state index contributed by atoms with van der Waals surface area (Å²) in [7, 11) is 1.53. The lowest BCUT2D eigenvalue weighted by Crippen LogP contribution is -2.23. The first-order valence-electron chi connectivity index (χ1n) is 6.59. The van der Waals surface area contributed by atoms with Crippen LogP contribution in [0.25, 0.3) is 0 Å². The normalized spacial score (nSPS) is 11.2. The van der Waals surface area contributed by atoms with E-state index in [-0.39, 0.29) is 17.3 Å². The average molecular weight is 344 g/mol. The Hall–Kier alpha value is -2.21. The molecule has 0 amide bonds. The van der Waals surface area contributed by atoms with Crippen LogP contribution < -0.4 is 10.1 Å². The van der Waals surface area contributed by atoms with Crippen LogP contribution >= 0.6 is 11.6 Å². The Kier molecular flexibility index (Phi) is 5.15. The van der Waals surface area contributed by atoms with Crippen LogP contribution in [0.15, 0.2) is 42.5 Å². The van der Waals surface area contributed by atoms with Gasteiger partial charge in [0.2, 0.25) is 0 Å². The Morgan fingerprint density at radius 1 is 1.22 bits per heavy atom. The molecule has 0 heterocycles. The zero-order valence-corrected chi connectivity index (χ0v) is 12.8. The molecular weight excluding hydrogens is 331 g/mol. The maximum absolute atomic E-state index is 13.7. The SMILES string of the molecule is COc1ccc(CNc2ccc(Cl)cc2C(F)(F)C(=O)F)cc1. The average Bonchev–Trinajstić information content (AvgIpc) is 2.54. The minimum absolute atomic E-state index is 0.0177. The van der Waals surface area contributed by atoms with Crippen molar-refractivity contribution in [3.05, 3.63) is 58.6 Å². The molecule has 2 aromatic carbocycles. The van der Waals surface area contributed by atoms with Crippen molar-refractivity contribution in [2.45, 2.75) is 12.5 Å². The van der Waals surface area contributed by atoms with Crippen LogP contribution in [0.5, 0.6) is 5.75 Å². The number of rotatable bonds is 6. The van der Waals surface area contributed by atoms with E-state index in [2.05, 4.69) is 5.32 Å². The first-order chi connectivity index (χ1) is 10.8. The summed E-state index contributed by atoms with van der Waals surface area (Å²) in [6, 6.07) is 7.74. The van der Waals surface area contributed by atoms with Crippen LogP contribution in [-0.4, -0.2) is 13.1 Å². The first-order valence-corrected chi connectivity index (χ1v) is 6.97. The topological polar surface area (TPSA) is 38.3 Å². The van der Waals surface area contributed by atoms with Crippen molar-refractivity contribution < 1.29 is 22.7 Å². The van der Waals surface area contributed by atoms with E-state index in [0.717, 1.165) is 11.6 Å². The van der Waals surface area contributed by atoms with Crippen LogP contribution in [0.2, 0.25) is 5.02 Å². The number of alkyl halides is 2. The van der Waals surface area contributed by atoms with Crippen LogP contribution in [-0.2, 0) is 17.3 Å². The number of methoxy groups -OCH3 is 1. The van der Waals surface area contributed by atoms with E-state index in [1.165, 1.54) is 19.2 Å². The van der Waals surface area contributed by atoms with Crippen molar-refractivity contribution in [2.75, 3.05) is 12.4 Å². The second-order valence-corrected chi connectivity index (χ2v) is 5.18. The Morgan fingerprint density at radius 2 is 1.87 bits per heavy atom. The van der Waals surface area contributed by atoms with E-state index >= 15 is 0 Å². The van der Waals surface area contributed by atoms with Gasteiger partial charge in [-0.05, 0) is 35.9 Å². The summed E-state index contributed by atoms with van der Waals surface area (Å²) < 4.78 is 45.1. The highest BCUT2D eigenvalue weighted by Gasteiger charge is 2.43. The lowest BCUT2D eigenvalue weighted by Gasteiger charge is -2.17. The third kappa shape index (κ3) is 3.96. The summed E-state index contributed by atoms with van der Waals surface area (Å²) in [5, 5.41) is 2.74. The minimum atomic E-state index is -4.26. The lowest BCUT2D eigenvalue weighted by molar-refractivity contribution is -0.156. The van der Waals surface area contributed by atoms with E-state index in [1.807, 2.05) is 0 Å². The zero-order valence-electron chi connectivity index (χ0n) is 12.1. The fraction of sp³-hybridized carbons (Fsp3) is 0.188. The van der Waals surface area contributed by atoms with Gasteiger partial charge in [-0.15, -0.1) is 0 Å². The number of anilines is 1. The Bertz CT molecular complexity index is 705. The highest BCUT2D eigenvalue weighted by molar-refractivity contribution is 6.30. The molecule has 0 unspecified atom stereocenters. The monoisotopic (exact) mass is 343 g/mol. The van der Waals surface area contributed by atoms with Crippen molar-refractivity contribution in [1.29, 1.82) is 0 Å². The largest absolute Gasteiger partial charge is 0.497 e. The number of carbonyl (C=O) groups excluding carboxylic acids is 1. The van der Waals surface area contributed by atoms with Crippen LogP contribution in [0.4, 0.5) is 18.9 Å². The van der Waals surface area contributed by atoms with Gasteiger partial charge in [0.05, 0.1) is 12.7 Å². The third-order valence-corrected chi connectivity index (χ3v) is 3.44. The van der Waals surface area contributed by atoms with Gasteiger partial charge in [-0.25, -0.2) is 0 Å². The second kappa shape index (κ2) is 6.91. The van der Waals surface area contributed by atoms with Gasteiger partial charge >= 0.3 is 12.0 Å². The van der Waals surface area contributed by atoms with Crippen molar-refractivity contribution in [2.24, 2.45) is 0 Å². The Labute approximate surface area is 136 Å². The first kappa shape index (κ1) is 17.1. The number of halogens is 4. The molecule has 0 aliphatic rings. The predicted molar refractivity (Wildman–Crippen MR) is 81.8 cm³/mol. The molecule has 0 aliphatic carbocycles. The molecule has 0 spiro atoms. The smallest absolute Gasteiger partial charge is 0.375 e. The molecular formula is C16H13ClF3NO2.